The molecule has 352 valence electrons. The van der Waals surface area contributed by atoms with Crippen LogP contribution in [0.15, 0.2) is 76.0 Å². The first kappa shape index (κ1) is 47.5. The average molecular weight is 919 g/mol. The molecule has 1 aromatic heterocycles. The Bertz CT molecular complexity index is 2350. The number of fused-ring (bicyclic) bond motifs is 1. The van der Waals surface area contributed by atoms with E-state index in [1.807, 2.05) is 0 Å². The van der Waals surface area contributed by atoms with Crippen molar-refractivity contribution in [2.24, 2.45) is 0 Å². The second kappa shape index (κ2) is 19.9. The summed E-state index contributed by atoms with van der Waals surface area (Å²) in [7, 11) is 0. The number of phenolic OH excluding ortho intramolecular Hbond substituents is 2. The van der Waals surface area contributed by atoms with Crippen LogP contribution in [0.4, 0.5) is 0 Å². The summed E-state index contributed by atoms with van der Waals surface area (Å²) in [6, 6.07) is 12.8. The molecular weight excluding hydrogens is 872 g/mol. The normalized spacial score (nSPS) is 32.9. The Labute approximate surface area is 365 Å². The lowest BCUT2D eigenvalue weighted by Gasteiger charge is -2.41. The topological polar surface area (TPSA) is 375 Å². The van der Waals surface area contributed by atoms with E-state index in [1.165, 1.54) is 54.6 Å². The van der Waals surface area contributed by atoms with Gasteiger partial charge in [-0.05, 0) is 48.0 Å². The Kier molecular flexibility index (Phi) is 14.6. The first-order valence-corrected chi connectivity index (χ1v) is 19.9. The van der Waals surface area contributed by atoms with Gasteiger partial charge in [0.05, 0.1) is 19.8 Å². The molecule has 0 radical (unpaired) electrons. The van der Waals surface area contributed by atoms with Crippen LogP contribution < -0.4 is 19.6 Å². The summed E-state index contributed by atoms with van der Waals surface area (Å²) in [6.45, 7) is -2.40. The van der Waals surface area contributed by atoms with Gasteiger partial charge in [0.25, 0.3) is 0 Å². The lowest BCUT2D eigenvalue weighted by molar-refractivity contribution is -0.281. The first-order valence-electron chi connectivity index (χ1n) is 19.9. The van der Waals surface area contributed by atoms with E-state index in [1.54, 1.807) is 0 Å². The van der Waals surface area contributed by atoms with Crippen molar-refractivity contribution in [2.75, 3.05) is 19.8 Å². The molecule has 23 heteroatoms. The molecule has 3 saturated heterocycles. The Hall–Kier alpha value is -5.48. The average Bonchev–Trinajstić information content (AvgIpc) is 3.29. The van der Waals surface area contributed by atoms with E-state index in [0.717, 1.165) is 18.2 Å². The molecule has 4 heterocycles. The zero-order chi connectivity index (χ0) is 46.9. The Morgan fingerprint density at radius 3 is 1.68 bits per heavy atom. The Morgan fingerprint density at radius 1 is 0.600 bits per heavy atom. The Balaban J connectivity index is 1.27. The lowest BCUT2D eigenvalue weighted by Crippen LogP contribution is -2.61. The monoisotopic (exact) mass is 918 g/mol. The molecule has 3 aromatic carbocycles. The third-order valence-electron chi connectivity index (χ3n) is 10.8. The lowest BCUT2D eigenvalue weighted by atomic mass is 9.99. The highest BCUT2D eigenvalue weighted by atomic mass is 16.7. The molecule has 4 aromatic rings. The van der Waals surface area contributed by atoms with E-state index < -0.39 is 152 Å². The van der Waals surface area contributed by atoms with Crippen LogP contribution in [0, 0.1) is 0 Å². The smallest absolute Gasteiger partial charge is 0.331 e. The zero-order valence-corrected chi connectivity index (χ0v) is 33.6. The van der Waals surface area contributed by atoms with Crippen LogP contribution in [-0.4, -0.2) is 184 Å². The SMILES string of the molecule is O=C(/C=C\c1ccc(O)cc1)O[C@H]1[C@H](Oc2c(-c3ccc(O[C@@H]4O[C@H](CO)[C@@H](O)[C@H](O)[C@H]4O)cc3)oc3cc(O[C@@H]4O[C@H](CO)[C@@H](O)[C@H](O)[C@H]4O)cc(O)c3c2=O)O[C@H](CO)[C@@H](O)[C@@H]1O. The van der Waals surface area contributed by atoms with E-state index in [2.05, 4.69) is 0 Å². The zero-order valence-electron chi connectivity index (χ0n) is 33.6. The number of carbonyl (C=O) groups excluding carboxylic acids is 1. The molecule has 65 heavy (non-hydrogen) atoms. The highest BCUT2D eigenvalue weighted by molar-refractivity contribution is 5.89. The molecule has 3 fully saturated rings. The predicted octanol–water partition coefficient (Wildman–Crippen LogP) is -3.33. The number of phenols is 2. The van der Waals surface area contributed by atoms with Crippen LogP contribution in [0.1, 0.15) is 5.56 Å². The number of hydrogen-bond donors (Lipinski definition) is 13. The van der Waals surface area contributed by atoms with Gasteiger partial charge in [-0.1, -0.05) is 12.1 Å². The van der Waals surface area contributed by atoms with E-state index in [-0.39, 0.29) is 22.8 Å². The summed E-state index contributed by atoms with van der Waals surface area (Å²) in [5.41, 5.74) is -1.07. The van der Waals surface area contributed by atoms with Crippen molar-refractivity contribution >= 4 is 23.0 Å². The van der Waals surface area contributed by atoms with Gasteiger partial charge in [0.2, 0.25) is 30.0 Å². The standard InChI is InChI=1S/C42H46O23/c43-13-23-28(49)32(53)35(56)40(61-23)58-19-8-4-17(5-9-19)37-38(31(52)27-21(47)11-20(12-22(27)60-37)59-41-36(57)33(54)29(50)24(14-44)62-41)65-42-39(34(55)30(51)25(15-45)63-42)64-26(48)10-3-16-1-6-18(46)7-2-16/h1-12,23-25,28-30,32-36,39-47,49-51,53-57H,13-15H2/b10-3-/t23-,24-,25-,28-,29-,30-,32+,33+,34+,35-,36-,39-,40-,41-,42+/m1/s1. The van der Waals surface area contributed by atoms with Gasteiger partial charge >= 0.3 is 5.97 Å². The maximum atomic E-state index is 14.5. The van der Waals surface area contributed by atoms with Crippen LogP contribution in [0.2, 0.25) is 0 Å². The molecule has 0 amide bonds. The number of ether oxygens (including phenoxy) is 7. The second-order valence-electron chi connectivity index (χ2n) is 15.2. The molecule has 0 saturated carbocycles. The van der Waals surface area contributed by atoms with Gasteiger partial charge in [0.1, 0.15) is 101 Å². The maximum absolute atomic E-state index is 14.5. The van der Waals surface area contributed by atoms with Crippen LogP contribution in [0.5, 0.6) is 28.7 Å². The summed E-state index contributed by atoms with van der Waals surface area (Å²) in [5, 5.41) is 133. The highest BCUT2D eigenvalue weighted by Crippen LogP contribution is 2.39. The summed E-state index contributed by atoms with van der Waals surface area (Å²) in [6.07, 6.45) is -23.6. The van der Waals surface area contributed by atoms with Crippen LogP contribution in [-0.2, 0) is 23.7 Å². The van der Waals surface area contributed by atoms with E-state index in [4.69, 9.17) is 37.6 Å². The van der Waals surface area contributed by atoms with Gasteiger partial charge in [-0.3, -0.25) is 4.79 Å². The van der Waals surface area contributed by atoms with Crippen molar-refractivity contribution in [1.82, 2.24) is 0 Å². The predicted molar refractivity (Wildman–Crippen MR) is 214 cm³/mol. The molecule has 0 aliphatic carbocycles. The fourth-order valence-electron chi connectivity index (χ4n) is 7.22. The van der Waals surface area contributed by atoms with Gasteiger partial charge in [-0.2, -0.15) is 0 Å². The molecule has 3 aliphatic rings. The quantitative estimate of drug-likeness (QED) is 0.0461. The molecule has 7 rings (SSSR count). The minimum absolute atomic E-state index is 0.000347. The number of aromatic hydroxyl groups is 2. The van der Waals surface area contributed by atoms with Crippen molar-refractivity contribution < 1.29 is 109 Å². The Morgan fingerprint density at radius 2 is 1.12 bits per heavy atom. The fraction of sp³-hybridized carbons (Fsp3) is 0.429. The summed E-state index contributed by atoms with van der Waals surface area (Å²) in [5.74, 6) is -3.51. The molecule has 0 spiro atoms. The number of aliphatic hydroxyl groups excluding tert-OH is 11. The fourth-order valence-corrected chi connectivity index (χ4v) is 7.22. The maximum Gasteiger partial charge on any atom is 0.331 e. The summed E-state index contributed by atoms with van der Waals surface area (Å²) in [4.78, 5) is 27.6. The third-order valence-corrected chi connectivity index (χ3v) is 10.8. The number of benzene rings is 3. The molecule has 13 N–H and O–H groups in total. The van der Waals surface area contributed by atoms with Crippen LogP contribution in [0.25, 0.3) is 28.4 Å². The number of carbonyl (C=O) groups is 1. The molecular formula is C42H46O23. The number of hydrogen-bond acceptors (Lipinski definition) is 23. The van der Waals surface area contributed by atoms with Crippen molar-refractivity contribution in [3.05, 3.63) is 82.5 Å². The minimum atomic E-state index is -2.00. The molecule has 0 unspecified atom stereocenters. The van der Waals surface area contributed by atoms with Crippen LogP contribution >= 0.6 is 0 Å². The van der Waals surface area contributed by atoms with Crippen molar-refractivity contribution in [2.45, 2.75) is 92.1 Å². The van der Waals surface area contributed by atoms with Crippen LogP contribution in [0.3, 0.4) is 0 Å². The van der Waals surface area contributed by atoms with E-state index >= 15 is 0 Å². The molecule has 0 bridgehead atoms. The molecule has 3 aliphatic heterocycles. The molecule has 15 atom stereocenters. The minimum Gasteiger partial charge on any atom is -0.508 e. The van der Waals surface area contributed by atoms with Gasteiger partial charge in [0.15, 0.2) is 11.9 Å². The van der Waals surface area contributed by atoms with Crippen molar-refractivity contribution in [3.63, 3.8) is 0 Å². The van der Waals surface area contributed by atoms with Gasteiger partial charge in [-0.15, -0.1) is 0 Å². The van der Waals surface area contributed by atoms with E-state index in [0.29, 0.717) is 5.56 Å². The highest BCUT2D eigenvalue weighted by Gasteiger charge is 2.49. The van der Waals surface area contributed by atoms with E-state index in [9.17, 15) is 76.0 Å². The van der Waals surface area contributed by atoms with Gasteiger partial charge < -0.3 is 104 Å². The number of aliphatic hydroxyl groups is 11. The first-order chi connectivity index (χ1) is 31.0. The number of rotatable bonds is 13. The van der Waals surface area contributed by atoms with Crippen molar-refractivity contribution in [1.29, 1.82) is 0 Å². The third kappa shape index (κ3) is 9.89. The largest absolute Gasteiger partial charge is 0.508 e. The summed E-state index contributed by atoms with van der Waals surface area (Å²) < 4.78 is 45.5. The number of esters is 1. The van der Waals surface area contributed by atoms with Gasteiger partial charge in [-0.25, -0.2) is 4.79 Å². The molecule has 23 nitrogen and oxygen atoms in total. The van der Waals surface area contributed by atoms with Crippen molar-refractivity contribution in [3.8, 4) is 40.1 Å². The van der Waals surface area contributed by atoms with Gasteiger partial charge in [0, 0.05) is 23.8 Å². The second-order valence-corrected chi connectivity index (χ2v) is 15.2. The summed E-state index contributed by atoms with van der Waals surface area (Å²) >= 11 is 0.